The molecule has 0 bridgehead atoms. The first kappa shape index (κ1) is 15.9. The summed E-state index contributed by atoms with van der Waals surface area (Å²) >= 11 is 5.99. The van der Waals surface area contributed by atoms with Crippen molar-refractivity contribution in [2.24, 2.45) is 4.40 Å². The molecular formula is C15H18ClN3OS. The molecule has 4 nitrogen and oxygen atoms in total. The van der Waals surface area contributed by atoms with E-state index in [1.165, 1.54) is 0 Å². The molecule has 0 fully saturated rings. The number of fused-ring (bicyclic) bond motifs is 1. The Morgan fingerprint density at radius 2 is 2.00 bits per heavy atom. The van der Waals surface area contributed by atoms with Crippen molar-refractivity contribution in [1.82, 2.24) is 9.97 Å². The summed E-state index contributed by atoms with van der Waals surface area (Å²) in [5.41, 5.74) is 2.03. The second-order valence-corrected chi connectivity index (χ2v) is 8.06. The molecule has 2 aromatic rings. The van der Waals surface area contributed by atoms with Crippen LogP contribution >= 0.6 is 22.3 Å². The minimum atomic E-state index is -0.366. The van der Waals surface area contributed by atoms with Gasteiger partial charge in [0, 0.05) is 9.77 Å². The van der Waals surface area contributed by atoms with Crippen LogP contribution in [0.3, 0.4) is 0 Å². The largest absolute Gasteiger partial charge is 0.479 e. The zero-order valence-electron chi connectivity index (χ0n) is 12.6. The van der Waals surface area contributed by atoms with Crippen LogP contribution in [0.1, 0.15) is 26.5 Å². The Kier molecular flexibility index (Phi) is 4.64. The smallest absolute Gasteiger partial charge is 0.241 e. The molecule has 112 valence electrons. The van der Waals surface area contributed by atoms with Gasteiger partial charge in [-0.3, -0.25) is 0 Å². The number of rotatable bonds is 3. The summed E-state index contributed by atoms with van der Waals surface area (Å²) in [7, 11) is 1.20. The van der Waals surface area contributed by atoms with E-state index in [1.807, 2.05) is 6.07 Å². The second-order valence-electron chi connectivity index (χ2n) is 5.46. The van der Waals surface area contributed by atoms with Crippen LogP contribution in [0.15, 0.2) is 22.6 Å². The van der Waals surface area contributed by atoms with Crippen molar-refractivity contribution in [2.75, 3.05) is 7.11 Å². The lowest BCUT2D eigenvalue weighted by Crippen LogP contribution is -2.08. The van der Waals surface area contributed by atoms with Gasteiger partial charge in [-0.05, 0) is 39.0 Å². The molecule has 0 radical (unpaired) electrons. The van der Waals surface area contributed by atoms with Crippen molar-refractivity contribution >= 4 is 45.4 Å². The molecule has 6 heteroatoms. The van der Waals surface area contributed by atoms with Gasteiger partial charge in [-0.1, -0.05) is 28.1 Å². The lowest BCUT2D eigenvalue weighted by atomic mass is 10.3. The summed E-state index contributed by atoms with van der Waals surface area (Å²) in [5.74, 6) is 4.52. The SMILES string of the molecule is C=S(N=Cc1nc2cc(Cl)ccc2nc1OC)C(C)(C)C. The zero-order valence-corrected chi connectivity index (χ0v) is 14.1. The Balaban J connectivity index is 2.47. The van der Waals surface area contributed by atoms with E-state index in [1.54, 1.807) is 25.5 Å². The second kappa shape index (κ2) is 6.12. The molecule has 2 rings (SSSR count). The standard InChI is InChI=1S/C15H18ClN3OS/c1-15(2,3)21(5)17-9-13-14(20-4)19-11-7-6-10(16)8-12(11)18-13/h6-9H,5H2,1-4H3. The summed E-state index contributed by atoms with van der Waals surface area (Å²) in [6, 6.07) is 5.36. The fourth-order valence-corrected chi connectivity index (χ4v) is 2.24. The van der Waals surface area contributed by atoms with E-state index < -0.39 is 0 Å². The summed E-state index contributed by atoms with van der Waals surface area (Å²) < 4.78 is 9.78. The highest BCUT2D eigenvalue weighted by Crippen LogP contribution is 2.31. The van der Waals surface area contributed by atoms with Crippen molar-refractivity contribution in [2.45, 2.75) is 25.5 Å². The summed E-state index contributed by atoms with van der Waals surface area (Å²) in [6.45, 7) is 6.30. The number of halogens is 1. The number of hydrogen-bond donors (Lipinski definition) is 0. The first-order chi connectivity index (χ1) is 9.81. The topological polar surface area (TPSA) is 47.4 Å². The molecule has 0 aliphatic heterocycles. The molecule has 1 aromatic heterocycles. The molecule has 0 aliphatic carbocycles. The van der Waals surface area contributed by atoms with Crippen LogP contribution in [0.4, 0.5) is 0 Å². The van der Waals surface area contributed by atoms with E-state index in [0.717, 1.165) is 5.52 Å². The molecule has 1 aromatic carbocycles. The fourth-order valence-electron chi connectivity index (χ4n) is 1.53. The highest BCUT2D eigenvalue weighted by Gasteiger charge is 2.13. The van der Waals surface area contributed by atoms with Gasteiger partial charge in [0.15, 0.2) is 0 Å². The summed E-state index contributed by atoms with van der Waals surface area (Å²) in [4.78, 5) is 8.94. The monoisotopic (exact) mass is 323 g/mol. The highest BCUT2D eigenvalue weighted by molar-refractivity contribution is 8.14. The normalized spacial score (nSPS) is 13.8. The molecule has 0 saturated carbocycles. The molecule has 0 aliphatic rings. The highest BCUT2D eigenvalue weighted by atomic mass is 35.5. The quantitative estimate of drug-likeness (QED) is 0.630. The van der Waals surface area contributed by atoms with E-state index in [4.69, 9.17) is 16.3 Å². The zero-order chi connectivity index (χ0) is 15.6. The Hall–Kier alpha value is -1.46. The van der Waals surface area contributed by atoms with E-state index in [-0.39, 0.29) is 15.4 Å². The Bertz CT molecular complexity index is 723. The van der Waals surface area contributed by atoms with E-state index in [2.05, 4.69) is 41.0 Å². The third kappa shape index (κ3) is 3.80. The van der Waals surface area contributed by atoms with Gasteiger partial charge in [0.05, 0.1) is 24.4 Å². The van der Waals surface area contributed by atoms with Crippen LogP contribution in [-0.2, 0) is 0 Å². The third-order valence-corrected chi connectivity index (χ3v) is 4.83. The van der Waals surface area contributed by atoms with Crippen molar-refractivity contribution < 1.29 is 4.74 Å². The molecule has 0 N–H and O–H groups in total. The van der Waals surface area contributed by atoms with E-state index in [9.17, 15) is 0 Å². The van der Waals surface area contributed by atoms with Crippen LogP contribution in [-0.4, -0.2) is 33.9 Å². The number of hydrogen-bond acceptors (Lipinski definition) is 4. The molecule has 0 spiro atoms. The maximum atomic E-state index is 5.99. The third-order valence-electron chi connectivity index (χ3n) is 2.82. The summed E-state index contributed by atoms with van der Waals surface area (Å²) in [5, 5.41) is 0.622. The predicted octanol–water partition coefficient (Wildman–Crippen LogP) is 4.13. The predicted molar refractivity (Wildman–Crippen MR) is 93.2 cm³/mol. The number of benzene rings is 1. The first-order valence-corrected chi connectivity index (χ1v) is 8.13. The van der Waals surface area contributed by atoms with Gasteiger partial charge >= 0.3 is 0 Å². The molecule has 1 atom stereocenters. The number of methoxy groups -OCH3 is 1. The lowest BCUT2D eigenvalue weighted by Gasteiger charge is -2.18. The van der Waals surface area contributed by atoms with Gasteiger partial charge in [0.25, 0.3) is 0 Å². The van der Waals surface area contributed by atoms with Crippen molar-refractivity contribution in [1.29, 1.82) is 0 Å². The molecule has 1 unspecified atom stereocenters. The molecule has 21 heavy (non-hydrogen) atoms. The average Bonchev–Trinajstić information content (AvgIpc) is 2.42. The minimum Gasteiger partial charge on any atom is -0.479 e. The van der Waals surface area contributed by atoms with Gasteiger partial charge in [-0.15, -0.1) is 0 Å². The summed E-state index contributed by atoms with van der Waals surface area (Å²) in [6.07, 6.45) is 1.67. The van der Waals surface area contributed by atoms with Gasteiger partial charge in [-0.2, -0.15) is 0 Å². The van der Waals surface area contributed by atoms with Crippen LogP contribution in [0.2, 0.25) is 5.02 Å². The number of ether oxygens (including phenoxy) is 1. The Morgan fingerprint density at radius 1 is 1.29 bits per heavy atom. The lowest BCUT2D eigenvalue weighted by molar-refractivity contribution is 0.397. The van der Waals surface area contributed by atoms with E-state index in [0.29, 0.717) is 22.1 Å². The molecular weight excluding hydrogens is 306 g/mol. The van der Waals surface area contributed by atoms with Gasteiger partial charge in [0.2, 0.25) is 5.88 Å². The van der Waals surface area contributed by atoms with Crippen LogP contribution in [0.5, 0.6) is 5.88 Å². The molecule has 1 heterocycles. The first-order valence-electron chi connectivity index (χ1n) is 6.41. The van der Waals surface area contributed by atoms with E-state index >= 15 is 0 Å². The Morgan fingerprint density at radius 3 is 2.62 bits per heavy atom. The van der Waals surface area contributed by atoms with Crippen molar-refractivity contribution in [3.05, 3.63) is 28.9 Å². The van der Waals surface area contributed by atoms with Gasteiger partial charge in [0.1, 0.15) is 5.69 Å². The number of aromatic nitrogens is 2. The fraction of sp³-hybridized carbons (Fsp3) is 0.333. The maximum absolute atomic E-state index is 5.99. The van der Waals surface area contributed by atoms with Crippen LogP contribution in [0.25, 0.3) is 11.0 Å². The maximum Gasteiger partial charge on any atom is 0.241 e. The molecule has 0 saturated heterocycles. The number of nitrogens with zero attached hydrogens (tertiary/aromatic N) is 3. The van der Waals surface area contributed by atoms with Gasteiger partial charge in [-0.25, -0.2) is 14.4 Å². The van der Waals surface area contributed by atoms with Crippen LogP contribution < -0.4 is 4.74 Å². The van der Waals surface area contributed by atoms with Crippen LogP contribution in [0, 0.1) is 0 Å². The van der Waals surface area contributed by atoms with Crippen molar-refractivity contribution in [3.63, 3.8) is 0 Å². The minimum absolute atomic E-state index is 0.0112. The Labute approximate surface area is 132 Å². The van der Waals surface area contributed by atoms with Crippen molar-refractivity contribution in [3.8, 4) is 5.88 Å². The average molecular weight is 324 g/mol. The van der Waals surface area contributed by atoms with Gasteiger partial charge < -0.3 is 4.74 Å². The molecule has 0 amide bonds.